The maximum atomic E-state index is 12.9. The van der Waals surface area contributed by atoms with Crippen molar-refractivity contribution in [2.24, 2.45) is 11.3 Å². The van der Waals surface area contributed by atoms with Crippen LogP contribution in [-0.4, -0.2) is 47.8 Å². The third-order valence-electron chi connectivity index (χ3n) is 6.48. The zero-order valence-corrected chi connectivity index (χ0v) is 14.7. The van der Waals surface area contributed by atoms with Gasteiger partial charge in [0.2, 0.25) is 11.8 Å². The first-order valence-corrected chi connectivity index (χ1v) is 9.70. The van der Waals surface area contributed by atoms with Gasteiger partial charge in [-0.2, -0.15) is 0 Å². The minimum Gasteiger partial charge on any atom is -0.342 e. The van der Waals surface area contributed by atoms with Crippen molar-refractivity contribution >= 4 is 11.8 Å². The lowest BCUT2D eigenvalue weighted by atomic mass is 9.68. The highest BCUT2D eigenvalue weighted by Crippen LogP contribution is 2.44. The molecule has 130 valence electrons. The number of hydrogen-bond acceptors (Lipinski definition) is 2. The molecule has 1 spiro atoms. The monoisotopic (exact) mass is 320 g/mol. The van der Waals surface area contributed by atoms with Crippen molar-refractivity contribution in [2.75, 3.05) is 26.2 Å². The van der Waals surface area contributed by atoms with Crippen molar-refractivity contribution in [1.29, 1.82) is 0 Å². The number of amides is 2. The molecule has 2 saturated heterocycles. The Bertz CT molecular complexity index is 433. The summed E-state index contributed by atoms with van der Waals surface area (Å²) < 4.78 is 0. The first-order valence-electron chi connectivity index (χ1n) is 9.70. The fourth-order valence-corrected chi connectivity index (χ4v) is 4.89. The van der Waals surface area contributed by atoms with Crippen LogP contribution in [0.4, 0.5) is 0 Å². The maximum absolute atomic E-state index is 12.9. The number of piperidine rings is 2. The quantitative estimate of drug-likeness (QED) is 0.784. The summed E-state index contributed by atoms with van der Waals surface area (Å²) in [6.07, 6.45) is 11.8. The van der Waals surface area contributed by atoms with Gasteiger partial charge in [-0.15, -0.1) is 0 Å². The Morgan fingerprint density at radius 3 is 2.26 bits per heavy atom. The standard InChI is InChI=1S/C19H32N2O2/c1-2-17(22)21-12-6-7-16(15-21)18(23)20-13-10-19(11-14-20)8-4-3-5-9-19/h16H,2-15H2,1H3/t16-/m1/s1. The molecule has 2 aliphatic heterocycles. The second-order valence-electron chi connectivity index (χ2n) is 7.92. The SMILES string of the molecule is CCC(=O)N1CCC[C@@H](C(=O)N2CCC3(CCCCC3)CC2)C1. The minimum atomic E-state index is 0.0413. The summed E-state index contributed by atoms with van der Waals surface area (Å²) >= 11 is 0. The van der Waals surface area contributed by atoms with Gasteiger partial charge in [-0.05, 0) is 43.9 Å². The van der Waals surface area contributed by atoms with Crippen LogP contribution in [0.1, 0.15) is 71.1 Å². The van der Waals surface area contributed by atoms with Gasteiger partial charge >= 0.3 is 0 Å². The largest absolute Gasteiger partial charge is 0.342 e. The third-order valence-corrected chi connectivity index (χ3v) is 6.48. The van der Waals surface area contributed by atoms with Crippen LogP contribution >= 0.6 is 0 Å². The summed E-state index contributed by atoms with van der Waals surface area (Å²) in [5, 5.41) is 0. The lowest BCUT2D eigenvalue weighted by Crippen LogP contribution is -2.50. The zero-order valence-electron chi connectivity index (χ0n) is 14.7. The Kier molecular flexibility index (Phi) is 5.27. The van der Waals surface area contributed by atoms with E-state index in [-0.39, 0.29) is 11.8 Å². The van der Waals surface area contributed by atoms with Crippen LogP contribution in [0.3, 0.4) is 0 Å². The van der Waals surface area contributed by atoms with E-state index in [0.29, 0.717) is 24.3 Å². The molecular formula is C19H32N2O2. The number of likely N-dealkylation sites (tertiary alicyclic amines) is 2. The normalized spacial score (nSPS) is 28.0. The zero-order chi connectivity index (χ0) is 16.3. The number of carbonyl (C=O) groups is 2. The molecule has 3 rings (SSSR count). The van der Waals surface area contributed by atoms with E-state index < -0.39 is 0 Å². The molecule has 4 nitrogen and oxygen atoms in total. The first kappa shape index (κ1) is 16.8. The lowest BCUT2D eigenvalue weighted by Gasteiger charge is -2.45. The van der Waals surface area contributed by atoms with Crippen LogP contribution in [0.15, 0.2) is 0 Å². The number of carbonyl (C=O) groups excluding carboxylic acids is 2. The average Bonchev–Trinajstić information content (AvgIpc) is 2.62. The molecule has 0 unspecified atom stereocenters. The molecule has 23 heavy (non-hydrogen) atoms. The van der Waals surface area contributed by atoms with Gasteiger partial charge in [0.25, 0.3) is 0 Å². The van der Waals surface area contributed by atoms with Crippen LogP contribution in [0, 0.1) is 11.3 Å². The summed E-state index contributed by atoms with van der Waals surface area (Å²) in [4.78, 5) is 28.8. The third kappa shape index (κ3) is 3.72. The molecule has 0 N–H and O–H groups in total. The van der Waals surface area contributed by atoms with Gasteiger partial charge in [0, 0.05) is 32.6 Å². The van der Waals surface area contributed by atoms with Crippen LogP contribution < -0.4 is 0 Å². The Hall–Kier alpha value is -1.06. The van der Waals surface area contributed by atoms with Gasteiger partial charge in [-0.1, -0.05) is 26.2 Å². The van der Waals surface area contributed by atoms with Gasteiger partial charge < -0.3 is 9.80 Å². The molecule has 0 bridgehead atoms. The lowest BCUT2D eigenvalue weighted by molar-refractivity contribution is -0.142. The molecular weight excluding hydrogens is 288 g/mol. The molecule has 3 fully saturated rings. The first-order chi connectivity index (χ1) is 11.1. The molecule has 1 aliphatic carbocycles. The van der Waals surface area contributed by atoms with Crippen molar-refractivity contribution < 1.29 is 9.59 Å². The van der Waals surface area contributed by atoms with E-state index in [1.165, 1.54) is 44.9 Å². The van der Waals surface area contributed by atoms with E-state index in [2.05, 4.69) is 4.90 Å². The molecule has 4 heteroatoms. The molecule has 1 saturated carbocycles. The van der Waals surface area contributed by atoms with E-state index in [1.54, 1.807) is 0 Å². The Balaban J connectivity index is 1.53. The van der Waals surface area contributed by atoms with Gasteiger partial charge in [0.15, 0.2) is 0 Å². The molecule has 0 radical (unpaired) electrons. The van der Waals surface area contributed by atoms with Gasteiger partial charge in [0.05, 0.1) is 5.92 Å². The number of nitrogens with zero attached hydrogens (tertiary/aromatic N) is 2. The molecule has 2 amide bonds. The van der Waals surface area contributed by atoms with Gasteiger partial charge in [-0.25, -0.2) is 0 Å². The minimum absolute atomic E-state index is 0.0413. The highest BCUT2D eigenvalue weighted by Gasteiger charge is 2.38. The summed E-state index contributed by atoms with van der Waals surface area (Å²) in [7, 11) is 0. The number of rotatable bonds is 2. The predicted octanol–water partition coefficient (Wildman–Crippen LogP) is 3.21. The molecule has 0 aromatic rings. The van der Waals surface area contributed by atoms with Crippen molar-refractivity contribution in [3.8, 4) is 0 Å². The summed E-state index contributed by atoms with van der Waals surface area (Å²) in [5.74, 6) is 0.547. The molecule has 1 atom stereocenters. The summed E-state index contributed by atoms with van der Waals surface area (Å²) in [5.41, 5.74) is 0.547. The summed E-state index contributed by atoms with van der Waals surface area (Å²) in [6.45, 7) is 5.27. The van der Waals surface area contributed by atoms with E-state index in [0.717, 1.165) is 32.5 Å². The van der Waals surface area contributed by atoms with E-state index in [4.69, 9.17) is 0 Å². The van der Waals surface area contributed by atoms with Crippen LogP contribution in [0.25, 0.3) is 0 Å². The predicted molar refractivity (Wildman–Crippen MR) is 90.9 cm³/mol. The molecule has 0 aromatic carbocycles. The second kappa shape index (κ2) is 7.23. The van der Waals surface area contributed by atoms with Crippen LogP contribution in [0.5, 0.6) is 0 Å². The fourth-order valence-electron chi connectivity index (χ4n) is 4.89. The van der Waals surface area contributed by atoms with Crippen molar-refractivity contribution in [3.63, 3.8) is 0 Å². The summed E-state index contributed by atoms with van der Waals surface area (Å²) in [6, 6.07) is 0. The molecule has 2 heterocycles. The van der Waals surface area contributed by atoms with E-state index in [1.807, 2.05) is 11.8 Å². The smallest absolute Gasteiger partial charge is 0.227 e. The van der Waals surface area contributed by atoms with Crippen LogP contribution in [0.2, 0.25) is 0 Å². The van der Waals surface area contributed by atoms with E-state index >= 15 is 0 Å². The molecule has 3 aliphatic rings. The van der Waals surface area contributed by atoms with Crippen molar-refractivity contribution in [2.45, 2.75) is 71.1 Å². The fraction of sp³-hybridized carbons (Fsp3) is 0.895. The maximum Gasteiger partial charge on any atom is 0.227 e. The highest BCUT2D eigenvalue weighted by molar-refractivity contribution is 5.81. The molecule has 0 aromatic heterocycles. The van der Waals surface area contributed by atoms with Gasteiger partial charge in [0.1, 0.15) is 0 Å². The van der Waals surface area contributed by atoms with E-state index in [9.17, 15) is 9.59 Å². The van der Waals surface area contributed by atoms with Gasteiger partial charge in [-0.3, -0.25) is 9.59 Å². The number of hydrogen-bond donors (Lipinski definition) is 0. The average molecular weight is 320 g/mol. The Labute approximate surface area is 140 Å². The van der Waals surface area contributed by atoms with Crippen LogP contribution in [-0.2, 0) is 9.59 Å². The highest BCUT2D eigenvalue weighted by atomic mass is 16.2. The Morgan fingerprint density at radius 2 is 1.61 bits per heavy atom. The topological polar surface area (TPSA) is 40.6 Å². The Morgan fingerprint density at radius 1 is 0.913 bits per heavy atom. The second-order valence-corrected chi connectivity index (χ2v) is 7.92. The van der Waals surface area contributed by atoms with Crippen molar-refractivity contribution in [1.82, 2.24) is 9.80 Å². The van der Waals surface area contributed by atoms with Crippen molar-refractivity contribution in [3.05, 3.63) is 0 Å².